The van der Waals surface area contributed by atoms with E-state index >= 15 is 0 Å². The van der Waals surface area contributed by atoms with Crippen molar-refractivity contribution in [3.05, 3.63) is 41.5 Å². The molecular weight excluding hydrogens is 418 g/mol. The van der Waals surface area contributed by atoms with Crippen molar-refractivity contribution in [2.24, 2.45) is 10.7 Å². The fourth-order valence-corrected chi connectivity index (χ4v) is 4.43. The highest BCUT2D eigenvalue weighted by Crippen LogP contribution is 2.39. The summed E-state index contributed by atoms with van der Waals surface area (Å²) in [5, 5.41) is 12.1. The smallest absolute Gasteiger partial charge is 0.212 e. The summed E-state index contributed by atoms with van der Waals surface area (Å²) in [6, 6.07) is 12.4. The first-order valence-corrected chi connectivity index (χ1v) is 11.2. The molecule has 0 unspecified atom stereocenters. The molecule has 33 heavy (non-hydrogen) atoms. The number of fused-ring (bicyclic) bond motifs is 4. The van der Waals surface area contributed by atoms with Gasteiger partial charge >= 0.3 is 0 Å². The van der Waals surface area contributed by atoms with Gasteiger partial charge < -0.3 is 20.1 Å². The summed E-state index contributed by atoms with van der Waals surface area (Å²) >= 11 is 0. The molecule has 0 aliphatic carbocycles. The number of hydrogen-bond donors (Lipinski definition) is 2. The minimum atomic E-state index is -0.362. The minimum absolute atomic E-state index is 0.324. The first kappa shape index (κ1) is 20.9. The number of benzene rings is 2. The van der Waals surface area contributed by atoms with Gasteiger partial charge in [-0.15, -0.1) is 0 Å². The van der Waals surface area contributed by atoms with Gasteiger partial charge in [-0.25, -0.2) is 9.98 Å². The highest BCUT2D eigenvalue weighted by atomic mass is 16.5. The van der Waals surface area contributed by atoms with E-state index in [9.17, 15) is 0 Å². The maximum absolute atomic E-state index is 8.97. The molecule has 0 saturated carbocycles. The molecule has 0 saturated heterocycles. The number of ether oxygens (including phenoxy) is 2. The van der Waals surface area contributed by atoms with Crippen LogP contribution in [0.3, 0.4) is 0 Å². The van der Waals surface area contributed by atoms with Gasteiger partial charge in [0.1, 0.15) is 0 Å². The van der Waals surface area contributed by atoms with Gasteiger partial charge in [-0.2, -0.15) is 5.26 Å². The van der Waals surface area contributed by atoms with Gasteiger partial charge in [0.05, 0.1) is 36.7 Å². The van der Waals surface area contributed by atoms with Crippen molar-refractivity contribution in [3.63, 3.8) is 0 Å². The van der Waals surface area contributed by atoms with Crippen molar-refractivity contribution in [2.75, 3.05) is 36.5 Å². The molecule has 170 valence electrons. The zero-order chi connectivity index (χ0) is 22.9. The number of nitrogens with one attached hydrogen (secondary N) is 1. The molecule has 2 aliphatic rings. The molecule has 2 aliphatic heterocycles. The van der Waals surface area contributed by atoms with E-state index in [1.807, 2.05) is 12.1 Å². The summed E-state index contributed by atoms with van der Waals surface area (Å²) in [6.07, 6.45) is 0.973. The lowest BCUT2D eigenvalue weighted by atomic mass is 10.0. The van der Waals surface area contributed by atoms with Gasteiger partial charge in [0.15, 0.2) is 23.6 Å². The van der Waals surface area contributed by atoms with E-state index < -0.39 is 0 Å². The molecule has 0 spiro atoms. The van der Waals surface area contributed by atoms with Gasteiger partial charge in [0, 0.05) is 42.9 Å². The van der Waals surface area contributed by atoms with Crippen LogP contribution >= 0.6 is 0 Å². The van der Waals surface area contributed by atoms with Gasteiger partial charge in [0.25, 0.3) is 0 Å². The van der Waals surface area contributed by atoms with Gasteiger partial charge in [0.2, 0.25) is 5.95 Å². The zero-order valence-electron chi connectivity index (χ0n) is 18.8. The molecule has 9 nitrogen and oxygen atoms in total. The number of hydrogen-bond acceptors (Lipinski definition) is 8. The molecule has 3 N–H and O–H groups in total. The van der Waals surface area contributed by atoms with Crippen molar-refractivity contribution >= 4 is 28.6 Å². The van der Waals surface area contributed by atoms with Crippen LogP contribution in [0.2, 0.25) is 0 Å². The predicted molar refractivity (Wildman–Crippen MR) is 128 cm³/mol. The van der Waals surface area contributed by atoms with Crippen molar-refractivity contribution in [1.29, 1.82) is 5.26 Å². The Morgan fingerprint density at radius 1 is 1.24 bits per heavy atom. The third kappa shape index (κ3) is 3.78. The number of nitrogens with zero attached hydrogens (tertiary/aromatic N) is 5. The number of nitrogens with two attached hydrogens (primary N) is 1. The molecule has 1 atom stereocenters. The first-order chi connectivity index (χ1) is 16.1. The van der Waals surface area contributed by atoms with Crippen LogP contribution in [0.15, 0.2) is 35.3 Å². The van der Waals surface area contributed by atoms with E-state index in [4.69, 9.17) is 30.4 Å². The first-order valence-electron chi connectivity index (χ1n) is 11.2. The number of guanidine groups is 1. The van der Waals surface area contributed by atoms with Crippen molar-refractivity contribution in [3.8, 4) is 17.6 Å². The molecule has 0 radical (unpaired) electrons. The number of anilines is 2. The van der Waals surface area contributed by atoms with Crippen LogP contribution in [-0.4, -0.2) is 41.8 Å². The summed E-state index contributed by atoms with van der Waals surface area (Å²) in [4.78, 5) is 11.7. The van der Waals surface area contributed by atoms with Crippen molar-refractivity contribution in [1.82, 2.24) is 9.55 Å². The number of nitriles is 1. The fourth-order valence-electron chi connectivity index (χ4n) is 4.43. The molecule has 3 aromatic rings. The molecule has 0 fully saturated rings. The van der Waals surface area contributed by atoms with E-state index in [2.05, 4.69) is 52.9 Å². The largest absolute Gasteiger partial charge is 0.489 e. The lowest BCUT2D eigenvalue weighted by molar-refractivity contribution is 0.297. The van der Waals surface area contributed by atoms with E-state index in [1.165, 1.54) is 0 Å². The van der Waals surface area contributed by atoms with Gasteiger partial charge in [-0.3, -0.25) is 9.88 Å². The maximum atomic E-state index is 8.97. The highest BCUT2D eigenvalue weighted by Gasteiger charge is 2.28. The Balaban J connectivity index is 1.58. The Hall–Kier alpha value is -3.93. The number of aromatic nitrogens is 2. The summed E-state index contributed by atoms with van der Waals surface area (Å²) in [7, 11) is 0. The second-order valence-corrected chi connectivity index (χ2v) is 8.19. The minimum Gasteiger partial charge on any atom is -0.489 e. The second-order valence-electron chi connectivity index (χ2n) is 8.19. The zero-order valence-corrected chi connectivity index (χ0v) is 18.8. The number of aryl methyl sites for hydroxylation is 1. The van der Waals surface area contributed by atoms with E-state index in [1.54, 1.807) is 0 Å². The Morgan fingerprint density at radius 2 is 2.03 bits per heavy atom. The topological polar surface area (TPSA) is 114 Å². The molecule has 0 amide bonds. The fraction of sp³-hybridized carbons (Fsp3) is 0.375. The van der Waals surface area contributed by atoms with E-state index in [-0.39, 0.29) is 6.17 Å². The van der Waals surface area contributed by atoms with Crippen LogP contribution < -0.4 is 25.4 Å². The third-order valence-corrected chi connectivity index (χ3v) is 6.08. The molecule has 9 heteroatoms. The lowest BCUT2D eigenvalue weighted by Gasteiger charge is -2.27. The van der Waals surface area contributed by atoms with Crippen LogP contribution in [0.5, 0.6) is 11.5 Å². The lowest BCUT2D eigenvalue weighted by Crippen LogP contribution is -2.31. The van der Waals surface area contributed by atoms with E-state index in [0.29, 0.717) is 49.6 Å². The molecule has 2 aromatic carbocycles. The summed E-state index contributed by atoms with van der Waals surface area (Å²) < 4.78 is 13.8. The SMILES string of the molecule is CCN(CCC#N)c1ccc([C@@H]2N=C(N)Nc3nc4cc5c(cc4n32)OCCCO5)c(C)c1. The average Bonchev–Trinajstić information content (AvgIpc) is 2.98. The monoisotopic (exact) mass is 445 g/mol. The number of imidazole rings is 1. The second kappa shape index (κ2) is 8.54. The van der Waals surface area contributed by atoms with Crippen LogP contribution in [-0.2, 0) is 0 Å². The third-order valence-electron chi connectivity index (χ3n) is 6.08. The standard InChI is InChI=1S/C24H27N7O2/c1-3-30(9-4-8-25)16-6-7-17(15(2)12-16)22-28-23(26)29-24-27-18-13-20-21(14-19(18)31(22)24)33-11-5-10-32-20/h6-7,12-14,22H,3-5,9-11H2,1-2H3,(H3,26,27,28,29)/t22-/m1/s1. The predicted octanol–water partition coefficient (Wildman–Crippen LogP) is 3.53. The van der Waals surface area contributed by atoms with Crippen LogP contribution in [0, 0.1) is 18.3 Å². The average molecular weight is 446 g/mol. The molecule has 5 rings (SSSR count). The number of rotatable bonds is 5. The van der Waals surface area contributed by atoms with Crippen LogP contribution in [0.4, 0.5) is 11.6 Å². The normalized spacial score (nSPS) is 16.9. The summed E-state index contributed by atoms with van der Waals surface area (Å²) in [5.74, 6) is 2.38. The summed E-state index contributed by atoms with van der Waals surface area (Å²) in [6.45, 7) is 6.95. The molecule has 3 heterocycles. The Labute approximate surface area is 192 Å². The van der Waals surface area contributed by atoms with Crippen molar-refractivity contribution in [2.45, 2.75) is 32.9 Å². The summed E-state index contributed by atoms with van der Waals surface area (Å²) in [5.41, 5.74) is 11.0. The van der Waals surface area contributed by atoms with Crippen LogP contribution in [0.25, 0.3) is 11.0 Å². The molecular formula is C24H27N7O2. The number of aliphatic imine (C=N–C) groups is 1. The maximum Gasteiger partial charge on any atom is 0.212 e. The molecule has 1 aromatic heterocycles. The highest BCUT2D eigenvalue weighted by molar-refractivity contribution is 5.95. The quantitative estimate of drug-likeness (QED) is 0.617. The van der Waals surface area contributed by atoms with Crippen LogP contribution in [0.1, 0.15) is 37.1 Å². The van der Waals surface area contributed by atoms with Gasteiger partial charge in [-0.1, -0.05) is 6.07 Å². The Kier molecular flexibility index (Phi) is 5.42. The van der Waals surface area contributed by atoms with E-state index in [0.717, 1.165) is 40.8 Å². The van der Waals surface area contributed by atoms with Gasteiger partial charge in [-0.05, 0) is 31.5 Å². The van der Waals surface area contributed by atoms with Crippen molar-refractivity contribution < 1.29 is 9.47 Å². The Morgan fingerprint density at radius 3 is 2.76 bits per heavy atom. The molecule has 0 bridgehead atoms. The Bertz CT molecular complexity index is 1270.